The first-order valence-corrected chi connectivity index (χ1v) is 6.75. The highest BCUT2D eigenvalue weighted by Crippen LogP contribution is 2.33. The van der Waals surface area contributed by atoms with Gasteiger partial charge in [-0.25, -0.2) is 8.42 Å². The Bertz CT molecular complexity index is 530. The van der Waals surface area contributed by atoms with Gasteiger partial charge in [-0.2, -0.15) is 4.72 Å². The number of nitrogens with zero attached hydrogens (tertiary/aromatic N) is 1. The van der Waals surface area contributed by atoms with Gasteiger partial charge in [0.1, 0.15) is 6.04 Å². The third kappa shape index (κ3) is 2.67. The Labute approximate surface area is 99.3 Å². The van der Waals surface area contributed by atoms with Crippen LogP contribution in [0.5, 0.6) is 0 Å². The zero-order valence-corrected chi connectivity index (χ0v) is 10.1. The van der Waals surface area contributed by atoms with Crippen molar-refractivity contribution in [2.24, 2.45) is 13.0 Å². The van der Waals surface area contributed by atoms with Gasteiger partial charge in [0.2, 0.25) is 10.0 Å². The summed E-state index contributed by atoms with van der Waals surface area (Å²) in [7, 11) is -2.04. The van der Waals surface area contributed by atoms with Crippen molar-refractivity contribution in [2.45, 2.75) is 23.8 Å². The molecule has 0 saturated heterocycles. The largest absolute Gasteiger partial charge is 0.480 e. The lowest BCUT2D eigenvalue weighted by Gasteiger charge is -2.12. The Balaban J connectivity index is 2.18. The highest BCUT2D eigenvalue weighted by Gasteiger charge is 2.39. The van der Waals surface area contributed by atoms with E-state index in [-0.39, 0.29) is 10.8 Å². The molecule has 0 aromatic carbocycles. The molecule has 1 unspecified atom stereocenters. The zero-order chi connectivity index (χ0) is 12.6. The summed E-state index contributed by atoms with van der Waals surface area (Å²) in [5.41, 5.74) is 0. The number of hydrogen-bond acceptors (Lipinski definition) is 3. The van der Waals surface area contributed by atoms with Crippen molar-refractivity contribution < 1.29 is 18.3 Å². The second kappa shape index (κ2) is 4.15. The van der Waals surface area contributed by atoms with Gasteiger partial charge in [0.05, 0.1) is 4.90 Å². The van der Waals surface area contributed by atoms with Crippen LogP contribution < -0.4 is 4.72 Å². The van der Waals surface area contributed by atoms with E-state index in [9.17, 15) is 13.2 Å². The van der Waals surface area contributed by atoms with Gasteiger partial charge in [0.15, 0.2) is 0 Å². The normalized spacial score (nSPS) is 17.9. The quantitative estimate of drug-likeness (QED) is 0.787. The molecule has 0 spiro atoms. The van der Waals surface area contributed by atoms with Crippen molar-refractivity contribution in [1.82, 2.24) is 9.29 Å². The lowest BCUT2D eigenvalue weighted by molar-refractivity contribution is -0.139. The minimum Gasteiger partial charge on any atom is -0.480 e. The van der Waals surface area contributed by atoms with Gasteiger partial charge in [-0.05, 0) is 24.8 Å². The van der Waals surface area contributed by atoms with Crippen molar-refractivity contribution in [1.29, 1.82) is 0 Å². The lowest BCUT2D eigenvalue weighted by Crippen LogP contribution is -2.42. The summed E-state index contributed by atoms with van der Waals surface area (Å²) < 4.78 is 27.7. The minimum atomic E-state index is -3.74. The molecule has 0 bridgehead atoms. The summed E-state index contributed by atoms with van der Waals surface area (Å²) in [6.45, 7) is 0. The molecule has 1 heterocycles. The van der Waals surface area contributed by atoms with Crippen LogP contribution in [0.1, 0.15) is 12.8 Å². The standard InChI is InChI=1S/C10H14N2O4S/c1-12-5-4-8(6-12)17(15,16)11-9(10(13)14)7-2-3-7/h4-7,9,11H,2-3H2,1H3,(H,13,14). The molecule has 1 aliphatic rings. The van der Waals surface area contributed by atoms with Crippen molar-refractivity contribution in [3.63, 3.8) is 0 Å². The average molecular weight is 258 g/mol. The van der Waals surface area contributed by atoms with Gasteiger partial charge in [-0.15, -0.1) is 0 Å². The molecular formula is C10H14N2O4S. The van der Waals surface area contributed by atoms with Gasteiger partial charge in [0.25, 0.3) is 0 Å². The Morgan fingerprint density at radius 2 is 2.24 bits per heavy atom. The van der Waals surface area contributed by atoms with Crippen LogP contribution in [-0.4, -0.2) is 30.1 Å². The molecule has 1 saturated carbocycles. The SMILES string of the molecule is Cn1ccc(S(=O)(=O)NC(C(=O)O)C2CC2)c1. The summed E-state index contributed by atoms with van der Waals surface area (Å²) in [6.07, 6.45) is 4.55. The van der Waals surface area contributed by atoms with E-state index in [4.69, 9.17) is 5.11 Å². The van der Waals surface area contributed by atoms with Gasteiger partial charge in [0, 0.05) is 19.4 Å². The van der Waals surface area contributed by atoms with E-state index in [2.05, 4.69) is 4.72 Å². The highest BCUT2D eigenvalue weighted by atomic mass is 32.2. The van der Waals surface area contributed by atoms with Crippen molar-refractivity contribution in [3.05, 3.63) is 18.5 Å². The molecule has 6 nitrogen and oxygen atoms in total. The Morgan fingerprint density at radius 1 is 1.59 bits per heavy atom. The molecule has 0 amide bonds. The maximum Gasteiger partial charge on any atom is 0.322 e. The molecule has 7 heteroatoms. The number of aliphatic carboxylic acids is 1. The maximum absolute atomic E-state index is 11.9. The molecular weight excluding hydrogens is 244 g/mol. The summed E-state index contributed by atoms with van der Waals surface area (Å²) in [5, 5.41) is 8.97. The van der Waals surface area contributed by atoms with Crippen LogP contribution in [0.2, 0.25) is 0 Å². The number of carboxylic acids is 1. The smallest absolute Gasteiger partial charge is 0.322 e. The average Bonchev–Trinajstić information content (AvgIpc) is 2.96. The van der Waals surface area contributed by atoms with Crippen molar-refractivity contribution in [2.75, 3.05) is 0 Å². The summed E-state index contributed by atoms with van der Waals surface area (Å²) >= 11 is 0. The van der Waals surface area contributed by atoms with Gasteiger partial charge < -0.3 is 9.67 Å². The second-order valence-electron chi connectivity index (χ2n) is 4.29. The predicted octanol–water partition coefficient (Wildman–Crippen LogP) is 0.167. The number of carbonyl (C=O) groups is 1. The van der Waals surface area contributed by atoms with Crippen LogP contribution >= 0.6 is 0 Å². The maximum atomic E-state index is 11.9. The molecule has 2 N–H and O–H groups in total. The number of nitrogens with one attached hydrogen (secondary N) is 1. The Morgan fingerprint density at radius 3 is 2.65 bits per heavy atom. The first-order chi connectivity index (χ1) is 7.90. The first kappa shape index (κ1) is 12.1. The number of hydrogen-bond donors (Lipinski definition) is 2. The number of sulfonamides is 1. The lowest BCUT2D eigenvalue weighted by atomic mass is 10.2. The van der Waals surface area contributed by atoms with Crippen molar-refractivity contribution >= 4 is 16.0 Å². The van der Waals surface area contributed by atoms with Crippen molar-refractivity contribution in [3.8, 4) is 0 Å². The fourth-order valence-electron chi connectivity index (χ4n) is 1.65. The van der Waals surface area contributed by atoms with Crippen LogP contribution in [0.25, 0.3) is 0 Å². The van der Waals surface area contributed by atoms with E-state index in [1.54, 1.807) is 17.8 Å². The molecule has 17 heavy (non-hydrogen) atoms. The van der Waals surface area contributed by atoms with Crippen LogP contribution in [0, 0.1) is 5.92 Å². The summed E-state index contributed by atoms with van der Waals surface area (Å²) in [5.74, 6) is -1.20. The number of rotatable bonds is 5. The molecule has 1 atom stereocenters. The molecule has 1 aliphatic carbocycles. The van der Waals surface area contributed by atoms with E-state index in [0.717, 1.165) is 12.8 Å². The number of carboxylic acid groups (broad SMARTS) is 1. The van der Waals surface area contributed by atoms with Crippen LogP contribution in [0.15, 0.2) is 23.4 Å². The third-order valence-corrected chi connectivity index (χ3v) is 4.18. The molecule has 2 rings (SSSR count). The van der Waals surface area contributed by atoms with Crippen LogP contribution in [-0.2, 0) is 21.9 Å². The van der Waals surface area contributed by atoms with Gasteiger partial charge in [-0.1, -0.05) is 0 Å². The molecule has 1 fully saturated rings. The van der Waals surface area contributed by atoms with Crippen LogP contribution in [0.3, 0.4) is 0 Å². The number of aryl methyl sites for hydroxylation is 1. The Hall–Kier alpha value is -1.34. The monoisotopic (exact) mass is 258 g/mol. The predicted molar refractivity (Wildman–Crippen MR) is 59.9 cm³/mol. The minimum absolute atomic E-state index is 0.0778. The Kier molecular flexibility index (Phi) is 2.96. The third-order valence-electron chi connectivity index (χ3n) is 2.76. The van der Waals surface area contributed by atoms with Gasteiger partial charge in [-0.3, -0.25) is 4.79 Å². The van der Waals surface area contributed by atoms with Crippen LogP contribution in [0.4, 0.5) is 0 Å². The molecule has 1 aromatic rings. The molecule has 0 aliphatic heterocycles. The zero-order valence-electron chi connectivity index (χ0n) is 9.33. The first-order valence-electron chi connectivity index (χ1n) is 5.27. The number of aromatic nitrogens is 1. The van der Waals surface area contributed by atoms with E-state index < -0.39 is 22.0 Å². The van der Waals surface area contributed by atoms with E-state index in [1.165, 1.54) is 12.3 Å². The van der Waals surface area contributed by atoms with E-state index in [1.807, 2.05) is 0 Å². The summed E-state index contributed by atoms with van der Waals surface area (Å²) in [4.78, 5) is 11.1. The topological polar surface area (TPSA) is 88.4 Å². The van der Waals surface area contributed by atoms with E-state index >= 15 is 0 Å². The molecule has 0 radical (unpaired) electrons. The fraction of sp³-hybridized carbons (Fsp3) is 0.500. The second-order valence-corrected chi connectivity index (χ2v) is 6.00. The van der Waals surface area contributed by atoms with E-state index in [0.29, 0.717) is 0 Å². The molecule has 1 aromatic heterocycles. The van der Waals surface area contributed by atoms with Gasteiger partial charge >= 0.3 is 5.97 Å². The summed E-state index contributed by atoms with van der Waals surface area (Å²) in [6, 6.07) is 0.425. The fourth-order valence-corrected chi connectivity index (χ4v) is 2.96. The molecule has 94 valence electrons. The highest BCUT2D eigenvalue weighted by molar-refractivity contribution is 7.89.